The number of aryl methyl sites for hydroxylation is 1. The summed E-state index contributed by atoms with van der Waals surface area (Å²) in [6.07, 6.45) is 4.76. The Balaban J connectivity index is 1.79. The molecule has 0 bridgehead atoms. The molecular weight excluding hydrogens is 316 g/mol. The van der Waals surface area contributed by atoms with Gasteiger partial charge in [-0.3, -0.25) is 0 Å². The second-order valence-corrected chi connectivity index (χ2v) is 8.55. The third kappa shape index (κ3) is 2.68. The van der Waals surface area contributed by atoms with E-state index in [1.807, 2.05) is 6.07 Å². The van der Waals surface area contributed by atoms with Crippen LogP contribution in [0.1, 0.15) is 22.9 Å². The fraction of sp³-hybridized carbons (Fsp3) is 0.308. The Morgan fingerprint density at radius 2 is 2.25 bits per heavy atom. The van der Waals surface area contributed by atoms with Gasteiger partial charge in [0.2, 0.25) is 0 Å². The number of hydrogen-bond donors (Lipinski definition) is 1. The predicted molar refractivity (Wildman–Crippen MR) is 81.4 cm³/mol. The number of fused-ring (bicyclic) bond motifs is 1. The summed E-state index contributed by atoms with van der Waals surface area (Å²) in [6.45, 7) is 0. The van der Waals surface area contributed by atoms with Gasteiger partial charge in [-0.2, -0.15) is 0 Å². The summed E-state index contributed by atoms with van der Waals surface area (Å²) in [7, 11) is -3.25. The van der Waals surface area contributed by atoms with Crippen LogP contribution in [0.3, 0.4) is 0 Å². The molecule has 0 aliphatic heterocycles. The highest BCUT2D eigenvalue weighted by atomic mass is 35.5. The van der Waals surface area contributed by atoms with Crippen molar-refractivity contribution < 1.29 is 8.42 Å². The predicted octanol–water partition coefficient (Wildman–Crippen LogP) is 3.30. The molecule has 2 aromatic rings. The molecule has 2 heterocycles. The fourth-order valence-electron chi connectivity index (χ4n) is 2.37. The minimum absolute atomic E-state index is 0.0914. The van der Waals surface area contributed by atoms with Crippen LogP contribution in [-0.4, -0.2) is 19.7 Å². The number of anilines is 1. The van der Waals surface area contributed by atoms with Crippen molar-refractivity contribution in [2.24, 2.45) is 0 Å². The Hall–Kier alpha value is -1.11. The smallest absolute Gasteiger partial charge is 0.192 e. The largest absolute Gasteiger partial charge is 0.377 e. The fourth-order valence-corrected chi connectivity index (χ4v) is 4.28. The van der Waals surface area contributed by atoms with Crippen molar-refractivity contribution in [3.05, 3.63) is 39.2 Å². The van der Waals surface area contributed by atoms with Gasteiger partial charge in [0.15, 0.2) is 14.9 Å². The molecule has 0 fully saturated rings. The molecule has 0 saturated heterocycles. The zero-order chi connectivity index (χ0) is 14.3. The number of rotatable bonds is 3. The molecule has 2 aromatic heterocycles. The second-order valence-electron chi connectivity index (χ2n) is 4.82. The number of nitrogens with zero attached hydrogens (tertiary/aromatic N) is 1. The summed E-state index contributed by atoms with van der Waals surface area (Å²) in [4.78, 5) is 5.31. The Kier molecular flexibility index (Phi) is 3.48. The summed E-state index contributed by atoms with van der Waals surface area (Å²) in [5.41, 5.74) is 2.06. The normalized spacial score (nSPS) is 18.0. The van der Waals surface area contributed by atoms with E-state index < -0.39 is 9.84 Å². The number of aromatic nitrogens is 1. The van der Waals surface area contributed by atoms with E-state index in [1.165, 1.54) is 16.5 Å². The molecule has 20 heavy (non-hydrogen) atoms. The Labute approximate surface area is 126 Å². The van der Waals surface area contributed by atoms with Crippen molar-refractivity contribution in [1.82, 2.24) is 4.98 Å². The summed E-state index contributed by atoms with van der Waals surface area (Å²) in [5.74, 6) is 0. The minimum atomic E-state index is -3.25. The summed E-state index contributed by atoms with van der Waals surface area (Å²) in [6, 6.07) is 5.49. The van der Waals surface area contributed by atoms with Gasteiger partial charge in [0, 0.05) is 11.1 Å². The van der Waals surface area contributed by atoms with Gasteiger partial charge >= 0.3 is 0 Å². The van der Waals surface area contributed by atoms with Crippen LogP contribution < -0.4 is 5.32 Å². The molecule has 1 aliphatic rings. The van der Waals surface area contributed by atoms with Crippen LogP contribution in [0.2, 0.25) is 4.34 Å². The lowest BCUT2D eigenvalue weighted by atomic mass is 10.2. The molecule has 0 radical (unpaired) electrons. The third-order valence-electron chi connectivity index (χ3n) is 3.30. The van der Waals surface area contributed by atoms with Gasteiger partial charge in [-0.1, -0.05) is 11.6 Å². The molecule has 0 spiro atoms. The van der Waals surface area contributed by atoms with Crippen LogP contribution >= 0.6 is 22.9 Å². The first-order valence-electron chi connectivity index (χ1n) is 6.14. The van der Waals surface area contributed by atoms with E-state index in [2.05, 4.69) is 10.3 Å². The number of nitrogens with one attached hydrogen (secondary N) is 1. The highest BCUT2D eigenvalue weighted by Crippen LogP contribution is 2.40. The van der Waals surface area contributed by atoms with Gasteiger partial charge in [0.1, 0.15) is 0 Å². The number of pyridine rings is 1. The number of halogens is 1. The highest BCUT2D eigenvalue weighted by molar-refractivity contribution is 7.90. The lowest BCUT2D eigenvalue weighted by molar-refractivity contribution is 0.598. The van der Waals surface area contributed by atoms with Crippen LogP contribution in [0.25, 0.3) is 0 Å². The third-order valence-corrected chi connectivity index (χ3v) is 5.65. The second kappa shape index (κ2) is 5.02. The summed E-state index contributed by atoms with van der Waals surface area (Å²) < 4.78 is 23.5. The maximum atomic E-state index is 11.4. The summed E-state index contributed by atoms with van der Waals surface area (Å²) in [5, 5.41) is 3.47. The van der Waals surface area contributed by atoms with Crippen molar-refractivity contribution in [1.29, 1.82) is 0 Å². The lowest BCUT2D eigenvalue weighted by Gasteiger charge is -2.14. The first-order chi connectivity index (χ1) is 9.43. The van der Waals surface area contributed by atoms with Gasteiger partial charge in [-0.15, -0.1) is 11.3 Å². The van der Waals surface area contributed by atoms with Crippen molar-refractivity contribution in [2.75, 3.05) is 11.6 Å². The zero-order valence-electron chi connectivity index (χ0n) is 10.8. The van der Waals surface area contributed by atoms with E-state index in [9.17, 15) is 8.42 Å². The number of thiophene rings is 1. The van der Waals surface area contributed by atoms with Crippen LogP contribution in [-0.2, 0) is 16.3 Å². The molecule has 0 saturated carbocycles. The van der Waals surface area contributed by atoms with Crippen molar-refractivity contribution in [2.45, 2.75) is 23.9 Å². The molecular formula is C13H13ClN2O2S2. The minimum Gasteiger partial charge on any atom is -0.377 e. The van der Waals surface area contributed by atoms with Gasteiger partial charge in [0.25, 0.3) is 0 Å². The molecule has 7 heteroatoms. The molecule has 4 nitrogen and oxygen atoms in total. The number of sulfone groups is 1. The topological polar surface area (TPSA) is 59.1 Å². The molecule has 3 rings (SSSR count). The molecule has 106 valence electrons. The Morgan fingerprint density at radius 1 is 1.45 bits per heavy atom. The highest BCUT2D eigenvalue weighted by Gasteiger charge is 2.25. The van der Waals surface area contributed by atoms with E-state index in [-0.39, 0.29) is 11.1 Å². The first-order valence-corrected chi connectivity index (χ1v) is 9.23. The molecule has 1 N–H and O–H groups in total. The van der Waals surface area contributed by atoms with Crippen LogP contribution in [0.5, 0.6) is 0 Å². The maximum absolute atomic E-state index is 11.4. The number of hydrogen-bond acceptors (Lipinski definition) is 5. The Bertz CT molecular complexity index is 738. The van der Waals surface area contributed by atoms with Crippen LogP contribution in [0, 0.1) is 0 Å². The van der Waals surface area contributed by atoms with Crippen LogP contribution in [0.15, 0.2) is 29.4 Å². The van der Waals surface area contributed by atoms with E-state index >= 15 is 0 Å². The average molecular weight is 329 g/mol. The van der Waals surface area contributed by atoms with E-state index in [0.29, 0.717) is 0 Å². The maximum Gasteiger partial charge on any atom is 0.192 e. The molecule has 0 amide bonds. The van der Waals surface area contributed by atoms with Crippen molar-refractivity contribution >= 4 is 38.5 Å². The van der Waals surface area contributed by atoms with Gasteiger partial charge in [0.05, 0.1) is 22.3 Å². The monoisotopic (exact) mass is 328 g/mol. The van der Waals surface area contributed by atoms with Gasteiger partial charge in [-0.05, 0) is 36.6 Å². The first kappa shape index (κ1) is 13.9. The Morgan fingerprint density at radius 3 is 2.90 bits per heavy atom. The summed E-state index contributed by atoms with van der Waals surface area (Å²) >= 11 is 7.66. The van der Waals surface area contributed by atoms with Crippen molar-refractivity contribution in [3.63, 3.8) is 0 Å². The zero-order valence-corrected chi connectivity index (χ0v) is 13.1. The van der Waals surface area contributed by atoms with Crippen LogP contribution in [0.4, 0.5) is 5.69 Å². The molecule has 1 atom stereocenters. The van der Waals surface area contributed by atoms with E-state index in [1.54, 1.807) is 23.6 Å². The van der Waals surface area contributed by atoms with Crippen molar-refractivity contribution in [3.8, 4) is 0 Å². The van der Waals surface area contributed by atoms with Gasteiger partial charge < -0.3 is 5.32 Å². The average Bonchev–Trinajstić information content (AvgIpc) is 2.90. The standard InChI is InChI=1S/C13H13ClN2O2S2/c1-20(17,18)13-5-2-8(7-15-13)16-10-3-4-11-9(10)6-12(14)19-11/h2,5-7,10,16H,3-4H2,1H3. The molecule has 1 aliphatic carbocycles. The quantitative estimate of drug-likeness (QED) is 0.939. The van der Waals surface area contributed by atoms with Gasteiger partial charge in [-0.25, -0.2) is 13.4 Å². The molecule has 0 aromatic carbocycles. The SMILES string of the molecule is CS(=O)(=O)c1ccc(NC2CCc3sc(Cl)cc32)cn1. The van der Waals surface area contributed by atoms with E-state index in [4.69, 9.17) is 11.6 Å². The lowest BCUT2D eigenvalue weighted by Crippen LogP contribution is -2.07. The van der Waals surface area contributed by atoms with E-state index in [0.717, 1.165) is 29.1 Å². The molecule has 1 unspecified atom stereocenters.